The van der Waals surface area contributed by atoms with E-state index in [4.69, 9.17) is 16.3 Å². The third-order valence-corrected chi connectivity index (χ3v) is 4.00. The highest BCUT2D eigenvalue weighted by molar-refractivity contribution is 6.39. The first-order valence-corrected chi connectivity index (χ1v) is 6.60. The summed E-state index contributed by atoms with van der Waals surface area (Å²) in [7, 11) is 3.64. The molecule has 0 unspecified atom stereocenters. The Morgan fingerprint density at radius 3 is 2.62 bits per heavy atom. The Labute approximate surface area is 126 Å². The molecule has 21 heavy (non-hydrogen) atoms. The molecule has 0 bridgehead atoms. The summed E-state index contributed by atoms with van der Waals surface area (Å²) in [5, 5.41) is 17.8. The maximum absolute atomic E-state index is 14.7. The summed E-state index contributed by atoms with van der Waals surface area (Å²) >= 11 is 5.65. The highest BCUT2D eigenvalue weighted by atomic mass is 35.5. The smallest absolute Gasteiger partial charge is 0.330 e. The summed E-state index contributed by atoms with van der Waals surface area (Å²) in [4.78, 5) is 25.1. The van der Waals surface area contributed by atoms with Gasteiger partial charge in [-0.3, -0.25) is 14.3 Å². The fraction of sp³-hybridized carbons (Fsp3) is 0.556. The van der Waals surface area contributed by atoms with Crippen LogP contribution >= 0.6 is 11.6 Å². The predicted molar refractivity (Wildman–Crippen MR) is 80.4 cm³/mol. The van der Waals surface area contributed by atoms with Crippen LogP contribution in [0.15, 0.2) is 15.8 Å². The van der Waals surface area contributed by atoms with Gasteiger partial charge >= 0.3 is 5.69 Å². The monoisotopic (exact) mass is 316 g/mol. The number of nitrogens with one attached hydrogen (secondary N) is 1. The van der Waals surface area contributed by atoms with Gasteiger partial charge in [-0.1, -0.05) is 11.6 Å². The SMILES string of the molecule is BC(B)(O)[C@]1(F)C[C@@H](O)[C@](B)(n2cc(Cl)c(=O)[nH]c2=O)O1. The maximum atomic E-state index is 14.7. The van der Waals surface area contributed by atoms with Crippen LogP contribution in [0.5, 0.6) is 0 Å². The number of alkyl halides is 1. The van der Waals surface area contributed by atoms with E-state index in [1.165, 1.54) is 23.5 Å². The van der Waals surface area contributed by atoms with Crippen LogP contribution in [0.3, 0.4) is 0 Å². The van der Waals surface area contributed by atoms with E-state index in [1.54, 1.807) is 0 Å². The number of aromatic nitrogens is 2. The molecule has 7 nitrogen and oxygen atoms in total. The summed E-state index contributed by atoms with van der Waals surface area (Å²) in [5.41, 5.74) is -3.53. The second kappa shape index (κ2) is 4.74. The highest BCUT2D eigenvalue weighted by Gasteiger charge is 2.60. The average Bonchev–Trinajstić information content (AvgIpc) is 2.55. The number of rotatable bonds is 2. The van der Waals surface area contributed by atoms with E-state index in [0.717, 1.165) is 10.8 Å². The van der Waals surface area contributed by atoms with Gasteiger partial charge in [0.2, 0.25) is 5.85 Å². The Hall–Kier alpha value is -1.03. The van der Waals surface area contributed by atoms with Gasteiger partial charge in [-0.25, -0.2) is 9.18 Å². The Morgan fingerprint density at radius 2 is 2.14 bits per heavy atom. The van der Waals surface area contributed by atoms with E-state index in [2.05, 4.69) is 0 Å². The lowest BCUT2D eigenvalue weighted by Gasteiger charge is -2.36. The van der Waals surface area contributed by atoms with Crippen molar-refractivity contribution in [1.29, 1.82) is 0 Å². The maximum Gasteiger partial charge on any atom is 0.330 e. The first-order valence-electron chi connectivity index (χ1n) is 6.22. The molecule has 0 aromatic carbocycles. The van der Waals surface area contributed by atoms with Crippen molar-refractivity contribution in [3.63, 3.8) is 0 Å². The van der Waals surface area contributed by atoms with Gasteiger partial charge in [0.1, 0.15) is 26.3 Å². The third-order valence-electron chi connectivity index (χ3n) is 3.73. The minimum Gasteiger partial charge on any atom is -0.402 e. The van der Waals surface area contributed by atoms with Crippen molar-refractivity contribution < 1.29 is 19.3 Å². The fourth-order valence-corrected chi connectivity index (χ4v) is 2.38. The van der Waals surface area contributed by atoms with E-state index < -0.39 is 40.7 Å². The molecule has 0 saturated carbocycles. The minimum absolute atomic E-state index is 0.314. The molecular formula is C9H13B3ClFN2O5. The zero-order valence-corrected chi connectivity index (χ0v) is 12.4. The molecule has 0 radical (unpaired) electrons. The molecule has 1 fully saturated rings. The van der Waals surface area contributed by atoms with E-state index in [1.807, 2.05) is 4.98 Å². The van der Waals surface area contributed by atoms with Crippen molar-refractivity contribution in [3.05, 3.63) is 32.1 Å². The van der Waals surface area contributed by atoms with Gasteiger partial charge in [0.25, 0.3) is 5.56 Å². The molecule has 1 aromatic heterocycles. The summed E-state index contributed by atoms with van der Waals surface area (Å²) < 4.78 is 20.7. The van der Waals surface area contributed by atoms with Crippen LogP contribution in [-0.2, 0) is 10.4 Å². The van der Waals surface area contributed by atoms with Crippen LogP contribution in [0.4, 0.5) is 4.39 Å². The molecule has 112 valence electrons. The van der Waals surface area contributed by atoms with Crippen LogP contribution in [-0.4, -0.2) is 60.7 Å². The average molecular weight is 316 g/mol. The van der Waals surface area contributed by atoms with Crippen LogP contribution in [0, 0.1) is 0 Å². The molecule has 2 heterocycles. The topological polar surface area (TPSA) is 105 Å². The van der Waals surface area contributed by atoms with Crippen molar-refractivity contribution in [2.75, 3.05) is 0 Å². The van der Waals surface area contributed by atoms with Crippen LogP contribution < -0.4 is 11.2 Å². The Morgan fingerprint density at radius 1 is 1.57 bits per heavy atom. The number of aliphatic hydroxyl groups is 2. The van der Waals surface area contributed by atoms with Crippen LogP contribution in [0.2, 0.25) is 5.02 Å². The van der Waals surface area contributed by atoms with Crippen molar-refractivity contribution in [2.24, 2.45) is 0 Å². The molecule has 1 aromatic rings. The number of aromatic amines is 1. The van der Waals surface area contributed by atoms with Crippen LogP contribution in [0.25, 0.3) is 0 Å². The van der Waals surface area contributed by atoms with Gasteiger partial charge in [0, 0.05) is 12.6 Å². The second-order valence-corrected chi connectivity index (χ2v) is 6.18. The van der Waals surface area contributed by atoms with E-state index >= 15 is 0 Å². The lowest BCUT2D eigenvalue weighted by Crippen LogP contribution is -2.55. The number of ether oxygens (including phenoxy) is 1. The molecule has 1 aliphatic heterocycles. The summed E-state index contributed by atoms with van der Waals surface area (Å²) in [6, 6.07) is 0. The molecule has 3 N–H and O–H groups in total. The first kappa shape index (κ1) is 16.3. The van der Waals surface area contributed by atoms with Crippen molar-refractivity contribution in [2.45, 2.75) is 29.4 Å². The Kier molecular flexibility index (Phi) is 3.69. The van der Waals surface area contributed by atoms with Crippen molar-refractivity contribution in [1.82, 2.24) is 9.55 Å². The summed E-state index contributed by atoms with van der Waals surface area (Å²) in [6.07, 6.45) is -1.02. The molecule has 2 rings (SSSR count). The zero-order chi connectivity index (χ0) is 16.2. The van der Waals surface area contributed by atoms with Crippen LogP contribution in [0.1, 0.15) is 6.42 Å². The highest BCUT2D eigenvalue weighted by Crippen LogP contribution is 2.44. The third kappa shape index (κ3) is 2.48. The molecule has 1 saturated heterocycles. The molecule has 3 atom stereocenters. The summed E-state index contributed by atoms with van der Waals surface area (Å²) in [5.74, 6) is -2.57. The van der Waals surface area contributed by atoms with Crippen molar-refractivity contribution in [3.8, 4) is 0 Å². The number of aliphatic hydroxyl groups excluding tert-OH is 1. The van der Waals surface area contributed by atoms with Gasteiger partial charge < -0.3 is 14.9 Å². The standard InChI is InChI=1S/C9H13B3ClFN2O5/c10-8(16-2-3(13)5(18)15-6(16)19)4(17)1-7(14,21-8)9(11,12)20/h2,4,17,20H,1,10-12H2,(H,15,18,19)/t4-,7+,8+/m1/s1. The van der Waals surface area contributed by atoms with Gasteiger partial charge in [-0.05, 0) is 0 Å². The number of hydrogen-bond acceptors (Lipinski definition) is 5. The van der Waals surface area contributed by atoms with Gasteiger partial charge in [0.15, 0.2) is 7.85 Å². The van der Waals surface area contributed by atoms with Gasteiger partial charge in [-0.15, -0.1) is 0 Å². The lowest BCUT2D eigenvalue weighted by molar-refractivity contribution is -0.222. The lowest BCUT2D eigenvalue weighted by atomic mass is 9.60. The predicted octanol–water partition coefficient (Wildman–Crippen LogP) is -4.21. The first-order chi connectivity index (χ1) is 9.41. The van der Waals surface area contributed by atoms with Gasteiger partial charge in [-0.2, -0.15) is 0 Å². The quantitative estimate of drug-likeness (QED) is 0.480. The molecular weight excluding hydrogens is 303 g/mol. The Bertz CT molecular complexity index is 691. The normalized spacial score (nSPS) is 33.2. The van der Waals surface area contributed by atoms with E-state index in [0.29, 0.717) is 0 Å². The molecule has 12 heteroatoms. The second-order valence-electron chi connectivity index (χ2n) is 5.77. The van der Waals surface area contributed by atoms with E-state index in [9.17, 15) is 24.2 Å². The molecule has 1 aliphatic rings. The summed E-state index contributed by atoms with van der Waals surface area (Å²) in [6.45, 7) is 0. The number of nitrogens with zero attached hydrogens (tertiary/aromatic N) is 1. The molecule has 0 amide bonds. The fourth-order valence-electron chi connectivity index (χ4n) is 2.24. The molecule has 0 spiro atoms. The number of H-pyrrole nitrogens is 1. The zero-order valence-electron chi connectivity index (χ0n) is 11.7. The largest absolute Gasteiger partial charge is 0.402 e. The van der Waals surface area contributed by atoms with Crippen molar-refractivity contribution >= 4 is 35.1 Å². The Balaban J connectivity index is 2.57. The number of halogens is 2. The number of hydrogen-bond donors (Lipinski definition) is 3. The van der Waals surface area contributed by atoms with Gasteiger partial charge in [0.05, 0.1) is 11.5 Å². The molecule has 0 aliphatic carbocycles. The van der Waals surface area contributed by atoms with E-state index in [-0.39, 0.29) is 5.02 Å². The minimum atomic E-state index is -2.57.